The molecule has 3 aromatic rings. The van der Waals surface area contributed by atoms with E-state index < -0.39 is 0 Å². The fourth-order valence-electron chi connectivity index (χ4n) is 2.69. The number of furan rings is 1. The van der Waals surface area contributed by atoms with E-state index in [9.17, 15) is 4.79 Å². The molecule has 3 rings (SSSR count). The van der Waals surface area contributed by atoms with Gasteiger partial charge < -0.3 is 9.73 Å². The molecule has 0 radical (unpaired) electrons. The highest BCUT2D eigenvalue weighted by Gasteiger charge is 2.16. The number of aryl methyl sites for hydroxylation is 2. The predicted octanol–water partition coefficient (Wildman–Crippen LogP) is 4.43. The fraction of sp³-hybridized carbons (Fsp3) is 0.190. The molecule has 3 nitrogen and oxygen atoms in total. The third-order valence-electron chi connectivity index (χ3n) is 4.03. The lowest BCUT2D eigenvalue weighted by Gasteiger charge is -2.20. The molecule has 1 heterocycles. The average molecular weight is 319 g/mol. The molecule has 0 fully saturated rings. The van der Waals surface area contributed by atoms with E-state index in [2.05, 4.69) is 36.5 Å². The molecule has 3 heteroatoms. The number of carbonyl (C=O) groups excluding carboxylic acids is 1. The smallest absolute Gasteiger partial charge is 0.221 e. The Morgan fingerprint density at radius 1 is 0.958 bits per heavy atom. The zero-order valence-corrected chi connectivity index (χ0v) is 13.7. The van der Waals surface area contributed by atoms with Gasteiger partial charge in [-0.25, -0.2) is 0 Å². The Kier molecular flexibility index (Phi) is 5.12. The standard InChI is InChI=1S/C21H21NO2/c1-16-9-11-18(12-10-16)21(17-6-3-2-4-7-17)22-20(23)14-13-19-8-5-15-24-19/h2-12,15,21H,13-14H2,1H3,(H,22,23)/t21-/m0/s1. The molecular formula is C21H21NO2. The predicted molar refractivity (Wildman–Crippen MR) is 94.6 cm³/mol. The molecule has 1 atom stereocenters. The molecule has 0 aliphatic carbocycles. The summed E-state index contributed by atoms with van der Waals surface area (Å²) < 4.78 is 5.29. The number of rotatable bonds is 6. The summed E-state index contributed by atoms with van der Waals surface area (Å²) in [5.74, 6) is 0.845. The highest BCUT2D eigenvalue weighted by molar-refractivity contribution is 5.77. The summed E-state index contributed by atoms with van der Waals surface area (Å²) in [6.45, 7) is 2.06. The van der Waals surface area contributed by atoms with E-state index in [-0.39, 0.29) is 11.9 Å². The maximum atomic E-state index is 12.4. The summed E-state index contributed by atoms with van der Waals surface area (Å²) in [5.41, 5.74) is 3.36. The molecule has 1 aromatic heterocycles. The lowest BCUT2D eigenvalue weighted by molar-refractivity contribution is -0.121. The van der Waals surface area contributed by atoms with Crippen molar-refractivity contribution in [2.24, 2.45) is 0 Å². The van der Waals surface area contributed by atoms with Gasteiger partial charge in [0.1, 0.15) is 5.76 Å². The monoisotopic (exact) mass is 319 g/mol. The van der Waals surface area contributed by atoms with E-state index in [1.165, 1.54) is 5.56 Å². The van der Waals surface area contributed by atoms with Crippen molar-refractivity contribution in [3.8, 4) is 0 Å². The molecule has 2 aromatic carbocycles. The third-order valence-corrected chi connectivity index (χ3v) is 4.03. The van der Waals surface area contributed by atoms with E-state index in [0.717, 1.165) is 16.9 Å². The van der Waals surface area contributed by atoms with Gasteiger partial charge >= 0.3 is 0 Å². The molecule has 24 heavy (non-hydrogen) atoms. The second-order valence-corrected chi connectivity index (χ2v) is 5.90. The van der Waals surface area contributed by atoms with Crippen LogP contribution in [0, 0.1) is 6.92 Å². The van der Waals surface area contributed by atoms with Crippen LogP contribution in [0.3, 0.4) is 0 Å². The van der Waals surface area contributed by atoms with Gasteiger partial charge in [-0.1, -0.05) is 60.2 Å². The minimum atomic E-state index is -0.143. The van der Waals surface area contributed by atoms with E-state index in [1.54, 1.807) is 6.26 Å². The summed E-state index contributed by atoms with van der Waals surface area (Å²) in [5, 5.41) is 3.15. The van der Waals surface area contributed by atoms with E-state index in [0.29, 0.717) is 12.8 Å². The minimum absolute atomic E-state index is 0.0147. The van der Waals surface area contributed by atoms with Crippen LogP contribution in [-0.2, 0) is 11.2 Å². The van der Waals surface area contributed by atoms with Gasteiger partial charge in [-0.15, -0.1) is 0 Å². The van der Waals surface area contributed by atoms with Gasteiger partial charge in [0.05, 0.1) is 12.3 Å². The molecule has 0 saturated heterocycles. The summed E-state index contributed by atoms with van der Waals surface area (Å²) in [6.07, 6.45) is 2.64. The third kappa shape index (κ3) is 4.13. The van der Waals surface area contributed by atoms with Crippen LogP contribution in [0.25, 0.3) is 0 Å². The van der Waals surface area contributed by atoms with Crippen LogP contribution in [-0.4, -0.2) is 5.91 Å². The Morgan fingerprint density at radius 3 is 2.33 bits per heavy atom. The zero-order chi connectivity index (χ0) is 16.8. The van der Waals surface area contributed by atoms with Crippen molar-refractivity contribution in [1.29, 1.82) is 0 Å². The Bertz CT molecular complexity index is 761. The number of hydrogen-bond donors (Lipinski definition) is 1. The van der Waals surface area contributed by atoms with E-state index in [1.807, 2.05) is 42.5 Å². The van der Waals surface area contributed by atoms with Gasteiger partial charge in [-0.05, 0) is 30.2 Å². The van der Waals surface area contributed by atoms with Crippen LogP contribution in [0.4, 0.5) is 0 Å². The number of nitrogens with one attached hydrogen (secondary N) is 1. The first-order chi connectivity index (χ1) is 11.7. The average Bonchev–Trinajstić information content (AvgIpc) is 3.13. The van der Waals surface area contributed by atoms with Crippen molar-refractivity contribution in [2.45, 2.75) is 25.8 Å². The minimum Gasteiger partial charge on any atom is -0.469 e. The lowest BCUT2D eigenvalue weighted by atomic mass is 9.97. The summed E-state index contributed by atoms with van der Waals surface area (Å²) >= 11 is 0. The molecule has 0 unspecified atom stereocenters. The zero-order valence-electron chi connectivity index (χ0n) is 13.7. The molecule has 122 valence electrons. The van der Waals surface area contributed by atoms with Crippen LogP contribution in [0.5, 0.6) is 0 Å². The Morgan fingerprint density at radius 2 is 1.67 bits per heavy atom. The quantitative estimate of drug-likeness (QED) is 0.730. The Labute approximate surface area is 142 Å². The van der Waals surface area contributed by atoms with E-state index >= 15 is 0 Å². The Hall–Kier alpha value is -2.81. The van der Waals surface area contributed by atoms with Gasteiger partial charge in [0.2, 0.25) is 5.91 Å². The highest BCUT2D eigenvalue weighted by Crippen LogP contribution is 2.22. The summed E-state index contributed by atoms with van der Waals surface area (Å²) in [4.78, 5) is 12.4. The normalized spacial score (nSPS) is 11.9. The van der Waals surface area contributed by atoms with Crippen LogP contribution in [0.15, 0.2) is 77.4 Å². The lowest BCUT2D eigenvalue weighted by Crippen LogP contribution is -2.29. The second kappa shape index (κ2) is 7.64. The number of benzene rings is 2. The largest absolute Gasteiger partial charge is 0.469 e. The van der Waals surface area contributed by atoms with Crippen LogP contribution in [0.1, 0.15) is 34.9 Å². The molecule has 1 N–H and O–H groups in total. The number of amides is 1. The van der Waals surface area contributed by atoms with Crippen LogP contribution in [0.2, 0.25) is 0 Å². The molecule has 0 saturated carbocycles. The van der Waals surface area contributed by atoms with Crippen molar-refractivity contribution in [3.05, 3.63) is 95.4 Å². The highest BCUT2D eigenvalue weighted by atomic mass is 16.3. The molecule has 1 amide bonds. The van der Waals surface area contributed by atoms with Gasteiger partial charge in [-0.3, -0.25) is 4.79 Å². The van der Waals surface area contributed by atoms with Gasteiger partial charge in [0.25, 0.3) is 0 Å². The van der Waals surface area contributed by atoms with Crippen LogP contribution >= 0.6 is 0 Å². The molecule has 0 aliphatic heterocycles. The first-order valence-corrected chi connectivity index (χ1v) is 8.15. The second-order valence-electron chi connectivity index (χ2n) is 5.90. The SMILES string of the molecule is Cc1ccc([C@@H](NC(=O)CCc2ccco2)c2ccccc2)cc1. The van der Waals surface area contributed by atoms with Crippen molar-refractivity contribution < 1.29 is 9.21 Å². The molecule has 0 spiro atoms. The number of hydrogen-bond acceptors (Lipinski definition) is 2. The topological polar surface area (TPSA) is 42.2 Å². The maximum Gasteiger partial charge on any atom is 0.221 e. The molecular weight excluding hydrogens is 298 g/mol. The molecule has 0 aliphatic rings. The van der Waals surface area contributed by atoms with Gasteiger partial charge in [0.15, 0.2) is 0 Å². The van der Waals surface area contributed by atoms with Gasteiger partial charge in [-0.2, -0.15) is 0 Å². The van der Waals surface area contributed by atoms with E-state index in [4.69, 9.17) is 4.42 Å². The van der Waals surface area contributed by atoms with Crippen molar-refractivity contribution in [1.82, 2.24) is 5.32 Å². The van der Waals surface area contributed by atoms with Crippen molar-refractivity contribution in [3.63, 3.8) is 0 Å². The number of carbonyl (C=O) groups is 1. The fourth-order valence-corrected chi connectivity index (χ4v) is 2.69. The molecule has 0 bridgehead atoms. The van der Waals surface area contributed by atoms with Gasteiger partial charge in [0, 0.05) is 12.8 Å². The maximum absolute atomic E-state index is 12.4. The van der Waals surface area contributed by atoms with Crippen molar-refractivity contribution in [2.75, 3.05) is 0 Å². The van der Waals surface area contributed by atoms with Crippen LogP contribution < -0.4 is 5.32 Å². The summed E-state index contributed by atoms with van der Waals surface area (Å²) in [6, 6.07) is 21.9. The van der Waals surface area contributed by atoms with Crippen molar-refractivity contribution >= 4 is 5.91 Å². The first kappa shape index (κ1) is 16.1. The first-order valence-electron chi connectivity index (χ1n) is 8.15. The Balaban J connectivity index is 1.74. The summed E-state index contributed by atoms with van der Waals surface area (Å²) in [7, 11) is 0.